The summed E-state index contributed by atoms with van der Waals surface area (Å²) in [5, 5.41) is 5.45. The van der Waals surface area contributed by atoms with Crippen LogP contribution in [0.5, 0.6) is 17.2 Å². The number of amides is 1. The molecule has 0 atom stereocenters. The van der Waals surface area contributed by atoms with Gasteiger partial charge in [-0.1, -0.05) is 62.4 Å². The summed E-state index contributed by atoms with van der Waals surface area (Å²) in [5.41, 5.74) is 3.08. The molecule has 0 spiro atoms. The first-order valence-corrected chi connectivity index (χ1v) is 12.3. The van der Waals surface area contributed by atoms with Crippen LogP contribution in [0.3, 0.4) is 0 Å². The van der Waals surface area contributed by atoms with Crippen molar-refractivity contribution in [2.75, 3.05) is 11.9 Å². The molecular formula is C31H27NO5. The molecule has 6 heteroatoms. The van der Waals surface area contributed by atoms with E-state index in [0.717, 1.165) is 40.4 Å². The predicted molar refractivity (Wildman–Crippen MR) is 146 cm³/mol. The zero-order chi connectivity index (χ0) is 25.8. The second-order valence-corrected chi connectivity index (χ2v) is 8.69. The molecule has 0 aliphatic rings. The number of anilines is 1. The van der Waals surface area contributed by atoms with Crippen LogP contribution in [0.25, 0.3) is 21.7 Å². The topological polar surface area (TPSA) is 77.8 Å². The molecule has 5 rings (SSSR count). The highest BCUT2D eigenvalue weighted by Crippen LogP contribution is 2.27. The number of carbonyl (C=O) groups is 1. The normalized spacial score (nSPS) is 11.0. The van der Waals surface area contributed by atoms with Gasteiger partial charge in [-0.15, -0.1) is 0 Å². The molecule has 0 radical (unpaired) electrons. The van der Waals surface area contributed by atoms with Crippen molar-refractivity contribution in [2.24, 2.45) is 0 Å². The second-order valence-electron chi connectivity index (χ2n) is 8.69. The number of carbonyl (C=O) groups excluding carboxylic acids is 1. The third-order valence-corrected chi connectivity index (χ3v) is 6.30. The van der Waals surface area contributed by atoms with Crippen LogP contribution in [0.2, 0.25) is 0 Å². The molecule has 186 valence electrons. The summed E-state index contributed by atoms with van der Waals surface area (Å²) in [5.74, 6) is 0.814. The highest BCUT2D eigenvalue weighted by Gasteiger charge is 2.13. The minimum Gasteiger partial charge on any atom is -0.484 e. The zero-order valence-corrected chi connectivity index (χ0v) is 20.7. The Balaban J connectivity index is 1.29. The standard InChI is InChI=1S/C31H27NO5/c1-3-20-10-7-11-21(4-2)30(20)32-29(33)19-35-24-14-15-26-27(17-24)36-18-28(31(26)34)37-25-13-12-22-8-5-6-9-23(22)16-25/h5-18H,3-4,19H2,1-2H3,(H,32,33). The largest absolute Gasteiger partial charge is 0.484 e. The van der Waals surface area contributed by atoms with E-state index in [2.05, 4.69) is 19.2 Å². The predicted octanol–water partition coefficient (Wildman–Crippen LogP) is 6.88. The van der Waals surface area contributed by atoms with E-state index < -0.39 is 0 Å². The van der Waals surface area contributed by atoms with Gasteiger partial charge in [0, 0.05) is 11.8 Å². The molecule has 0 saturated heterocycles. The van der Waals surface area contributed by atoms with Crippen LogP contribution < -0.4 is 20.2 Å². The van der Waals surface area contributed by atoms with Crippen LogP contribution >= 0.6 is 0 Å². The lowest BCUT2D eigenvalue weighted by molar-refractivity contribution is -0.118. The fourth-order valence-corrected chi connectivity index (χ4v) is 4.34. The van der Waals surface area contributed by atoms with Crippen LogP contribution in [0.4, 0.5) is 5.69 Å². The lowest BCUT2D eigenvalue weighted by Crippen LogP contribution is -2.21. The van der Waals surface area contributed by atoms with Crippen molar-refractivity contribution < 1.29 is 18.7 Å². The average molecular weight is 494 g/mol. The molecule has 0 unspecified atom stereocenters. The van der Waals surface area contributed by atoms with Crippen molar-refractivity contribution in [3.8, 4) is 17.2 Å². The van der Waals surface area contributed by atoms with Crippen LogP contribution in [0, 0.1) is 0 Å². The van der Waals surface area contributed by atoms with E-state index in [9.17, 15) is 9.59 Å². The molecule has 4 aromatic carbocycles. The number of rotatable bonds is 8. The maximum absolute atomic E-state index is 13.0. The number of fused-ring (bicyclic) bond motifs is 2. The van der Waals surface area contributed by atoms with Crippen molar-refractivity contribution in [1.82, 2.24) is 0 Å². The first-order chi connectivity index (χ1) is 18.1. The molecule has 0 aliphatic heterocycles. The van der Waals surface area contributed by atoms with Crippen LogP contribution in [-0.2, 0) is 17.6 Å². The minimum absolute atomic E-state index is 0.0946. The monoisotopic (exact) mass is 493 g/mol. The average Bonchev–Trinajstić information content (AvgIpc) is 2.93. The van der Waals surface area contributed by atoms with Gasteiger partial charge >= 0.3 is 0 Å². The molecule has 6 nitrogen and oxygen atoms in total. The number of hydrogen-bond donors (Lipinski definition) is 1. The summed E-state index contributed by atoms with van der Waals surface area (Å²) in [6, 6.07) is 24.4. The van der Waals surface area contributed by atoms with Gasteiger partial charge in [-0.3, -0.25) is 9.59 Å². The van der Waals surface area contributed by atoms with Gasteiger partial charge in [0.2, 0.25) is 11.2 Å². The third kappa shape index (κ3) is 5.19. The van der Waals surface area contributed by atoms with Gasteiger partial charge in [0.1, 0.15) is 23.3 Å². The van der Waals surface area contributed by atoms with Crippen LogP contribution in [0.15, 0.2) is 94.3 Å². The fraction of sp³-hybridized carbons (Fsp3) is 0.161. The first kappa shape index (κ1) is 24.1. The van der Waals surface area contributed by atoms with Crippen molar-refractivity contribution >= 4 is 33.3 Å². The van der Waals surface area contributed by atoms with Gasteiger partial charge < -0.3 is 19.2 Å². The van der Waals surface area contributed by atoms with Crippen LogP contribution in [-0.4, -0.2) is 12.5 Å². The summed E-state index contributed by atoms with van der Waals surface area (Å²) in [4.78, 5) is 25.6. The zero-order valence-electron chi connectivity index (χ0n) is 20.7. The highest BCUT2D eigenvalue weighted by molar-refractivity contribution is 5.93. The summed E-state index contributed by atoms with van der Waals surface area (Å²) in [6.07, 6.45) is 2.94. The Hall–Kier alpha value is -4.58. The summed E-state index contributed by atoms with van der Waals surface area (Å²) in [7, 11) is 0. The minimum atomic E-state index is -0.290. The summed E-state index contributed by atoms with van der Waals surface area (Å²) < 4.78 is 17.2. The number of ether oxygens (including phenoxy) is 2. The Bertz CT molecular complexity index is 1630. The smallest absolute Gasteiger partial charge is 0.262 e. The summed E-state index contributed by atoms with van der Waals surface area (Å²) >= 11 is 0. The summed E-state index contributed by atoms with van der Waals surface area (Å²) in [6.45, 7) is 3.95. The van der Waals surface area contributed by atoms with E-state index >= 15 is 0 Å². The van der Waals surface area contributed by atoms with E-state index in [4.69, 9.17) is 13.9 Å². The SMILES string of the molecule is CCc1cccc(CC)c1NC(=O)COc1ccc2c(=O)c(Oc3ccc4ccccc4c3)coc2c1. The lowest BCUT2D eigenvalue weighted by Gasteiger charge is -2.14. The Kier molecular flexibility index (Phi) is 6.90. The van der Waals surface area contributed by atoms with Gasteiger partial charge in [-0.2, -0.15) is 0 Å². The maximum atomic E-state index is 13.0. The second kappa shape index (κ2) is 10.6. The molecule has 0 aliphatic carbocycles. The molecule has 37 heavy (non-hydrogen) atoms. The molecule has 1 N–H and O–H groups in total. The Morgan fingerprint density at radius 1 is 0.838 bits per heavy atom. The van der Waals surface area contributed by atoms with E-state index in [1.807, 2.05) is 60.7 Å². The molecule has 1 aromatic heterocycles. The van der Waals surface area contributed by atoms with E-state index in [1.165, 1.54) is 6.26 Å². The van der Waals surface area contributed by atoms with Gasteiger partial charge in [0.05, 0.1) is 5.39 Å². The first-order valence-electron chi connectivity index (χ1n) is 12.3. The van der Waals surface area contributed by atoms with Crippen molar-refractivity contribution in [1.29, 1.82) is 0 Å². The lowest BCUT2D eigenvalue weighted by atomic mass is 10.0. The Labute approximate surface area is 214 Å². The Morgan fingerprint density at radius 2 is 1.57 bits per heavy atom. The van der Waals surface area contributed by atoms with Crippen LogP contribution in [0.1, 0.15) is 25.0 Å². The quantitative estimate of drug-likeness (QED) is 0.255. The Morgan fingerprint density at radius 3 is 2.32 bits per heavy atom. The van der Waals surface area contributed by atoms with Gasteiger partial charge in [-0.25, -0.2) is 0 Å². The molecular weight excluding hydrogens is 466 g/mol. The van der Waals surface area contributed by atoms with E-state index in [1.54, 1.807) is 18.2 Å². The van der Waals surface area contributed by atoms with Gasteiger partial charge in [0.25, 0.3) is 5.91 Å². The van der Waals surface area contributed by atoms with E-state index in [0.29, 0.717) is 22.5 Å². The highest BCUT2D eigenvalue weighted by atomic mass is 16.5. The molecule has 0 saturated carbocycles. The number of aryl methyl sites for hydroxylation is 2. The van der Waals surface area contributed by atoms with Crippen molar-refractivity contribution in [3.63, 3.8) is 0 Å². The number of hydrogen-bond acceptors (Lipinski definition) is 5. The van der Waals surface area contributed by atoms with Gasteiger partial charge in [0.15, 0.2) is 6.61 Å². The number of benzene rings is 4. The molecule has 5 aromatic rings. The van der Waals surface area contributed by atoms with E-state index in [-0.39, 0.29) is 23.7 Å². The molecule has 0 bridgehead atoms. The number of nitrogens with one attached hydrogen (secondary N) is 1. The molecule has 1 amide bonds. The van der Waals surface area contributed by atoms with Crippen molar-refractivity contribution in [2.45, 2.75) is 26.7 Å². The maximum Gasteiger partial charge on any atom is 0.262 e. The van der Waals surface area contributed by atoms with Gasteiger partial charge in [-0.05, 0) is 59.0 Å². The number of para-hydroxylation sites is 1. The molecule has 0 fully saturated rings. The fourth-order valence-electron chi connectivity index (χ4n) is 4.34. The third-order valence-electron chi connectivity index (χ3n) is 6.30. The van der Waals surface area contributed by atoms with Crippen molar-refractivity contribution in [3.05, 3.63) is 106 Å². The molecule has 1 heterocycles.